The molecule has 0 heterocycles. The van der Waals surface area contributed by atoms with Gasteiger partial charge in [0, 0.05) is 31.8 Å². The average molecular weight is 317 g/mol. The van der Waals surface area contributed by atoms with Crippen molar-refractivity contribution < 1.29 is 0 Å². The van der Waals surface area contributed by atoms with Crippen LogP contribution in [-0.4, -0.2) is 41.6 Å². The number of nitrogens with zero attached hydrogens (tertiary/aromatic N) is 2. The Balaban J connectivity index is 6.00. The lowest BCUT2D eigenvalue weighted by Gasteiger charge is -2.41. The predicted octanol–water partition coefficient (Wildman–Crippen LogP) is 5.37. The van der Waals surface area contributed by atoms with Gasteiger partial charge in [0.05, 0.1) is 0 Å². The van der Waals surface area contributed by atoms with E-state index in [0.717, 1.165) is 0 Å². The Labute approximate surface area is 130 Å². The third kappa shape index (κ3) is 6.33. The van der Waals surface area contributed by atoms with Crippen molar-refractivity contribution in [1.29, 1.82) is 0 Å². The van der Waals surface area contributed by atoms with Crippen LogP contribution in [0.4, 0.5) is 0 Å². The van der Waals surface area contributed by atoms with Crippen molar-refractivity contribution in [3.63, 3.8) is 0 Å². The lowest BCUT2D eigenvalue weighted by molar-refractivity contribution is 0.265. The fourth-order valence-corrected chi connectivity index (χ4v) is 7.91. The summed E-state index contributed by atoms with van der Waals surface area (Å²) in [4.78, 5) is 0. The standard InChI is InChI=1S/C16H37N2PSi/c1-13(2)17(14(3)4)19(12-20(9,10)11)18(15(5)6)16(7)8/h13-16H,1-11H3. The minimum Gasteiger partial charge on any atom is -0.242 e. The second kappa shape index (κ2) is 8.01. The summed E-state index contributed by atoms with van der Waals surface area (Å²) in [5, 5.41) is 4.04. The van der Waals surface area contributed by atoms with Gasteiger partial charge in [0.1, 0.15) is 8.07 Å². The van der Waals surface area contributed by atoms with Crippen LogP contribution in [0.25, 0.3) is 0 Å². The van der Waals surface area contributed by atoms with Crippen LogP contribution in [0, 0.1) is 5.25 Å². The van der Waals surface area contributed by atoms with E-state index in [1.54, 1.807) is 0 Å². The fraction of sp³-hybridized carbons (Fsp3) is 0.938. The van der Waals surface area contributed by atoms with Crippen LogP contribution in [0.5, 0.6) is 0 Å². The molecule has 0 fully saturated rings. The second-order valence-corrected chi connectivity index (χ2v) is 14.7. The molecule has 0 aliphatic rings. The SMILES string of the molecule is CC(C)N(C(C)C)P(#C[Si](C)(C)C)N(C(C)C)C(C)C. The monoisotopic (exact) mass is 316 g/mol. The van der Waals surface area contributed by atoms with Gasteiger partial charge in [-0.1, -0.05) is 19.6 Å². The molecule has 4 heteroatoms. The van der Waals surface area contributed by atoms with Crippen LogP contribution in [0.3, 0.4) is 0 Å². The Hall–Kier alpha value is 0.217. The smallest absolute Gasteiger partial charge is 0.127 e. The van der Waals surface area contributed by atoms with E-state index in [1.165, 1.54) is 0 Å². The Morgan fingerprint density at radius 3 is 1.05 bits per heavy atom. The number of hydrogen-bond donors (Lipinski definition) is 0. The van der Waals surface area contributed by atoms with Gasteiger partial charge in [0.25, 0.3) is 0 Å². The van der Waals surface area contributed by atoms with Gasteiger partial charge >= 0.3 is 0 Å². The summed E-state index contributed by atoms with van der Waals surface area (Å²) < 4.78 is 5.35. The van der Waals surface area contributed by atoms with Crippen LogP contribution in [0.2, 0.25) is 19.6 Å². The van der Waals surface area contributed by atoms with Crippen LogP contribution in [0.15, 0.2) is 0 Å². The van der Waals surface area contributed by atoms with Gasteiger partial charge in [-0.05, 0) is 55.4 Å². The van der Waals surface area contributed by atoms with Gasteiger partial charge in [0.2, 0.25) is 0 Å². The normalized spacial score (nSPS) is 13.2. The molecule has 0 saturated heterocycles. The first kappa shape index (κ1) is 20.2. The highest BCUT2D eigenvalue weighted by molar-refractivity contribution is 7.44. The third-order valence-electron chi connectivity index (χ3n) is 2.99. The summed E-state index contributed by atoms with van der Waals surface area (Å²) in [6.45, 7) is 25.8. The first-order valence-corrected chi connectivity index (χ1v) is 12.8. The van der Waals surface area contributed by atoms with E-state index in [9.17, 15) is 0 Å². The molecule has 0 spiro atoms. The average Bonchev–Trinajstić information content (AvgIpc) is 2.11. The summed E-state index contributed by atoms with van der Waals surface area (Å²) in [6, 6.07) is 2.24. The third-order valence-corrected chi connectivity index (χ3v) is 9.20. The van der Waals surface area contributed by atoms with Crippen molar-refractivity contribution >= 4 is 15.8 Å². The van der Waals surface area contributed by atoms with Gasteiger partial charge in [-0.25, -0.2) is 9.34 Å². The summed E-state index contributed by atoms with van der Waals surface area (Å²) in [5.41, 5.74) is 0. The van der Waals surface area contributed by atoms with Crippen molar-refractivity contribution in [1.82, 2.24) is 9.34 Å². The van der Waals surface area contributed by atoms with Crippen LogP contribution < -0.4 is 0 Å². The zero-order chi connectivity index (χ0) is 16.2. The molecule has 0 aliphatic heterocycles. The van der Waals surface area contributed by atoms with Gasteiger partial charge in [0.15, 0.2) is 0 Å². The fourth-order valence-electron chi connectivity index (χ4n) is 2.60. The molecule has 0 bridgehead atoms. The first-order chi connectivity index (χ1) is 8.88. The van der Waals surface area contributed by atoms with E-state index in [-0.39, 0.29) is 0 Å². The van der Waals surface area contributed by atoms with Gasteiger partial charge in [-0.2, -0.15) is 0 Å². The van der Waals surface area contributed by atoms with Crippen LogP contribution in [-0.2, 0) is 0 Å². The van der Waals surface area contributed by atoms with Crippen molar-refractivity contribution in [2.75, 3.05) is 0 Å². The maximum atomic E-state index is 4.04. The summed E-state index contributed by atoms with van der Waals surface area (Å²) in [7, 11) is -1.79. The molecule has 0 N–H and O–H groups in total. The van der Waals surface area contributed by atoms with Gasteiger partial charge in [-0.15, -0.1) is 5.25 Å². The second-order valence-electron chi connectivity index (χ2n) is 7.79. The molecular formula is C16H37N2PSi. The lowest BCUT2D eigenvalue weighted by Crippen LogP contribution is -2.40. The quantitative estimate of drug-likeness (QED) is 0.508. The molecule has 0 aromatic carbocycles. The van der Waals surface area contributed by atoms with E-state index >= 15 is 0 Å². The van der Waals surface area contributed by atoms with Crippen molar-refractivity contribution in [3.05, 3.63) is 0 Å². The Morgan fingerprint density at radius 1 is 0.650 bits per heavy atom. The number of hydrogen-bond acceptors (Lipinski definition) is 2. The molecule has 2 nitrogen and oxygen atoms in total. The highest BCUT2D eigenvalue weighted by Crippen LogP contribution is 2.39. The Morgan fingerprint density at radius 2 is 0.900 bits per heavy atom. The maximum absolute atomic E-state index is 4.04. The van der Waals surface area contributed by atoms with Gasteiger partial charge < -0.3 is 0 Å². The minimum atomic E-state index is -1.33. The Kier molecular flexibility index (Phi) is 8.10. The highest BCUT2D eigenvalue weighted by Gasteiger charge is 2.26. The molecule has 120 valence electrons. The summed E-state index contributed by atoms with van der Waals surface area (Å²) in [5.74, 6) is 0. The lowest BCUT2D eigenvalue weighted by atomic mass is 10.3. The summed E-state index contributed by atoms with van der Waals surface area (Å²) >= 11 is 0. The van der Waals surface area contributed by atoms with E-state index in [0.29, 0.717) is 24.2 Å². The molecule has 0 aliphatic carbocycles. The van der Waals surface area contributed by atoms with Crippen LogP contribution in [0.1, 0.15) is 55.4 Å². The minimum absolute atomic E-state index is 0.455. The molecule has 20 heavy (non-hydrogen) atoms. The molecule has 0 radical (unpaired) electrons. The summed E-state index contributed by atoms with van der Waals surface area (Å²) in [6.07, 6.45) is 0. The van der Waals surface area contributed by atoms with Crippen LogP contribution >= 0.6 is 7.68 Å². The van der Waals surface area contributed by atoms with E-state index in [4.69, 9.17) is 0 Å². The largest absolute Gasteiger partial charge is 0.242 e. The molecule has 0 atom stereocenters. The van der Waals surface area contributed by atoms with E-state index in [2.05, 4.69) is 89.6 Å². The van der Waals surface area contributed by atoms with E-state index < -0.39 is 15.8 Å². The molecule has 0 rings (SSSR count). The van der Waals surface area contributed by atoms with Crippen molar-refractivity contribution in [3.8, 4) is 5.25 Å². The first-order valence-electron chi connectivity index (χ1n) is 8.03. The van der Waals surface area contributed by atoms with E-state index in [1.807, 2.05) is 0 Å². The zero-order valence-electron chi connectivity index (χ0n) is 15.7. The molecule has 0 aromatic rings. The molecule has 0 saturated carbocycles. The zero-order valence-corrected chi connectivity index (χ0v) is 17.5. The Bertz CT molecular complexity index is 329. The molecular weight excluding hydrogens is 279 g/mol. The predicted molar refractivity (Wildman–Crippen MR) is 98.4 cm³/mol. The topological polar surface area (TPSA) is 6.48 Å². The van der Waals surface area contributed by atoms with Crippen molar-refractivity contribution in [2.45, 2.75) is 99.2 Å². The van der Waals surface area contributed by atoms with Gasteiger partial charge in [-0.3, -0.25) is 0 Å². The highest BCUT2D eigenvalue weighted by atomic mass is 31.1. The van der Waals surface area contributed by atoms with Crippen molar-refractivity contribution in [2.24, 2.45) is 0 Å². The molecule has 0 amide bonds. The maximum Gasteiger partial charge on any atom is 0.127 e. The number of rotatable bonds is 4. The molecule has 0 aromatic heterocycles. The molecule has 0 unspecified atom stereocenters.